The van der Waals surface area contributed by atoms with E-state index < -0.39 is 6.04 Å². The number of nitrogens with one attached hydrogen (secondary N) is 1. The third kappa shape index (κ3) is 10.2. The predicted octanol–water partition coefficient (Wildman–Crippen LogP) is 5.44. The zero-order valence-corrected chi connectivity index (χ0v) is 17.4. The summed E-state index contributed by atoms with van der Waals surface area (Å²) in [4.78, 5) is 24.2. The van der Waals surface area contributed by atoms with Crippen molar-refractivity contribution >= 4 is 11.9 Å². The predicted molar refractivity (Wildman–Crippen MR) is 111 cm³/mol. The summed E-state index contributed by atoms with van der Waals surface area (Å²) in [5.74, 6) is -0.613. The van der Waals surface area contributed by atoms with E-state index >= 15 is 0 Å². The Bertz CT molecular complexity index is 539. The second-order valence-electron chi connectivity index (χ2n) is 7.24. The van der Waals surface area contributed by atoms with Gasteiger partial charge < -0.3 is 10.1 Å². The van der Waals surface area contributed by atoms with Gasteiger partial charge in [0, 0.05) is 5.56 Å². The fraction of sp³-hybridized carbons (Fsp3) is 0.652. The van der Waals surface area contributed by atoms with Crippen LogP contribution in [0, 0.1) is 0 Å². The van der Waals surface area contributed by atoms with Gasteiger partial charge in [0.1, 0.15) is 6.04 Å². The molecule has 0 aromatic heterocycles. The van der Waals surface area contributed by atoms with E-state index in [2.05, 4.69) is 19.2 Å². The van der Waals surface area contributed by atoms with Crippen molar-refractivity contribution in [1.82, 2.24) is 5.32 Å². The van der Waals surface area contributed by atoms with Crippen LogP contribution in [-0.2, 0) is 16.0 Å². The first-order valence-corrected chi connectivity index (χ1v) is 10.6. The Kier molecular flexibility index (Phi) is 12.2. The van der Waals surface area contributed by atoms with Crippen molar-refractivity contribution in [2.45, 2.75) is 91.0 Å². The molecule has 0 heterocycles. The maximum atomic E-state index is 12.2. The van der Waals surface area contributed by atoms with Crippen LogP contribution in [0.2, 0.25) is 0 Å². The van der Waals surface area contributed by atoms with Gasteiger partial charge in [-0.3, -0.25) is 4.79 Å². The molecule has 0 bridgehead atoms. The first-order chi connectivity index (χ1) is 13.1. The van der Waals surface area contributed by atoms with E-state index in [-0.39, 0.29) is 11.9 Å². The van der Waals surface area contributed by atoms with Gasteiger partial charge in [-0.15, -0.1) is 0 Å². The third-order valence-corrected chi connectivity index (χ3v) is 4.82. The fourth-order valence-corrected chi connectivity index (χ4v) is 2.94. The van der Waals surface area contributed by atoms with Gasteiger partial charge in [-0.05, 0) is 37.5 Å². The first-order valence-electron chi connectivity index (χ1n) is 10.6. The average molecular weight is 376 g/mol. The molecule has 4 nitrogen and oxygen atoms in total. The van der Waals surface area contributed by atoms with Crippen LogP contribution in [0.25, 0.3) is 0 Å². The average Bonchev–Trinajstić information content (AvgIpc) is 2.69. The molecule has 0 aliphatic carbocycles. The van der Waals surface area contributed by atoms with Gasteiger partial charge in [0.2, 0.25) is 0 Å². The molecule has 0 saturated carbocycles. The number of rotatable bonds is 14. The highest BCUT2D eigenvalue weighted by molar-refractivity contribution is 5.96. The van der Waals surface area contributed by atoms with Crippen molar-refractivity contribution in [1.29, 1.82) is 0 Å². The van der Waals surface area contributed by atoms with E-state index in [0.29, 0.717) is 12.2 Å². The number of ether oxygens (including phenoxy) is 1. The van der Waals surface area contributed by atoms with Crippen LogP contribution < -0.4 is 5.32 Å². The van der Waals surface area contributed by atoms with Crippen molar-refractivity contribution in [2.24, 2.45) is 0 Å². The molecule has 0 radical (unpaired) electrons. The van der Waals surface area contributed by atoms with Gasteiger partial charge in [0.25, 0.3) is 5.91 Å². The maximum Gasteiger partial charge on any atom is 0.328 e. The highest BCUT2D eigenvalue weighted by Gasteiger charge is 2.17. The van der Waals surface area contributed by atoms with Gasteiger partial charge in [-0.2, -0.15) is 0 Å². The molecule has 0 aliphatic heterocycles. The van der Waals surface area contributed by atoms with Crippen LogP contribution in [0.4, 0.5) is 0 Å². The normalized spacial score (nSPS) is 11.8. The summed E-state index contributed by atoms with van der Waals surface area (Å²) >= 11 is 0. The summed E-state index contributed by atoms with van der Waals surface area (Å²) in [6.45, 7) is 6.40. The second-order valence-corrected chi connectivity index (χ2v) is 7.24. The third-order valence-electron chi connectivity index (χ3n) is 4.82. The standard InChI is InChI=1S/C23H37NO3/c1-4-6-7-8-9-10-11-12-13-18-27-23(26)19(3)24-22(25)21-16-14-20(5-2)15-17-21/h14-17,19H,4-13,18H2,1-3H3,(H,24,25). The summed E-state index contributed by atoms with van der Waals surface area (Å²) in [5, 5.41) is 2.71. The second kappa shape index (κ2) is 14.2. The molecule has 1 unspecified atom stereocenters. The quantitative estimate of drug-likeness (QED) is 0.348. The van der Waals surface area contributed by atoms with Crippen LogP contribution in [0.15, 0.2) is 24.3 Å². The zero-order chi connectivity index (χ0) is 19.9. The summed E-state index contributed by atoms with van der Waals surface area (Å²) in [6, 6.07) is 6.80. The Morgan fingerprint density at radius 3 is 2.00 bits per heavy atom. The molecule has 4 heteroatoms. The van der Waals surface area contributed by atoms with E-state index in [4.69, 9.17) is 4.74 Å². The Morgan fingerprint density at radius 2 is 1.44 bits per heavy atom. The van der Waals surface area contributed by atoms with Crippen LogP contribution in [0.1, 0.15) is 94.5 Å². The van der Waals surface area contributed by atoms with Crippen LogP contribution in [-0.4, -0.2) is 24.5 Å². The number of carbonyl (C=O) groups is 2. The Hall–Kier alpha value is -1.84. The molecule has 0 spiro atoms. The summed E-state index contributed by atoms with van der Waals surface area (Å²) in [6.07, 6.45) is 12.0. The lowest BCUT2D eigenvalue weighted by Crippen LogP contribution is -2.39. The molecule has 1 aromatic carbocycles. The van der Waals surface area contributed by atoms with Gasteiger partial charge in [-0.1, -0.05) is 77.3 Å². The van der Waals surface area contributed by atoms with Crippen LogP contribution >= 0.6 is 0 Å². The summed E-state index contributed by atoms with van der Waals surface area (Å²) < 4.78 is 5.28. The van der Waals surface area contributed by atoms with E-state index in [0.717, 1.165) is 19.3 Å². The molecule has 0 aliphatic rings. The van der Waals surface area contributed by atoms with Crippen LogP contribution in [0.3, 0.4) is 0 Å². The smallest absolute Gasteiger partial charge is 0.328 e. The molecule has 1 atom stereocenters. The van der Waals surface area contributed by atoms with Crippen molar-refractivity contribution in [2.75, 3.05) is 6.61 Å². The number of aryl methyl sites for hydroxylation is 1. The van der Waals surface area contributed by atoms with Gasteiger partial charge in [0.15, 0.2) is 0 Å². The number of amides is 1. The maximum absolute atomic E-state index is 12.2. The Labute approximate surface area is 165 Å². The van der Waals surface area contributed by atoms with Crippen molar-refractivity contribution in [3.05, 3.63) is 35.4 Å². The SMILES string of the molecule is CCCCCCCCCCCOC(=O)C(C)NC(=O)c1ccc(CC)cc1. The summed E-state index contributed by atoms with van der Waals surface area (Å²) in [7, 11) is 0. The minimum atomic E-state index is -0.637. The minimum Gasteiger partial charge on any atom is -0.464 e. The van der Waals surface area contributed by atoms with Crippen LogP contribution in [0.5, 0.6) is 0 Å². The first kappa shape index (κ1) is 23.2. The van der Waals surface area contributed by atoms with Gasteiger partial charge in [-0.25, -0.2) is 4.79 Å². The lowest BCUT2D eigenvalue weighted by Gasteiger charge is -2.13. The van der Waals surface area contributed by atoms with Gasteiger partial charge in [0.05, 0.1) is 6.61 Å². The molecule has 0 fully saturated rings. The lowest BCUT2D eigenvalue weighted by molar-refractivity contribution is -0.145. The van der Waals surface area contributed by atoms with Crippen molar-refractivity contribution < 1.29 is 14.3 Å². The number of benzene rings is 1. The van der Waals surface area contributed by atoms with E-state index in [1.807, 2.05) is 12.1 Å². The van der Waals surface area contributed by atoms with Crippen molar-refractivity contribution in [3.8, 4) is 0 Å². The number of esters is 1. The molecule has 1 aromatic rings. The number of unbranched alkanes of at least 4 members (excludes halogenated alkanes) is 8. The topological polar surface area (TPSA) is 55.4 Å². The fourth-order valence-electron chi connectivity index (χ4n) is 2.94. The van der Waals surface area contributed by atoms with Gasteiger partial charge >= 0.3 is 5.97 Å². The largest absolute Gasteiger partial charge is 0.464 e. The number of hydrogen-bond acceptors (Lipinski definition) is 3. The van der Waals surface area contributed by atoms with E-state index in [9.17, 15) is 9.59 Å². The molecular formula is C23H37NO3. The van der Waals surface area contributed by atoms with E-state index in [1.165, 1.54) is 50.5 Å². The molecule has 1 N–H and O–H groups in total. The van der Waals surface area contributed by atoms with E-state index in [1.54, 1.807) is 19.1 Å². The number of carbonyl (C=O) groups excluding carboxylic acids is 2. The monoisotopic (exact) mass is 375 g/mol. The molecule has 1 amide bonds. The molecular weight excluding hydrogens is 338 g/mol. The Morgan fingerprint density at radius 1 is 0.889 bits per heavy atom. The Balaban J connectivity index is 2.12. The number of hydrogen-bond donors (Lipinski definition) is 1. The van der Waals surface area contributed by atoms with Crippen molar-refractivity contribution in [3.63, 3.8) is 0 Å². The molecule has 1 rings (SSSR count). The summed E-state index contributed by atoms with van der Waals surface area (Å²) in [5.41, 5.74) is 1.74. The zero-order valence-electron chi connectivity index (χ0n) is 17.4. The highest BCUT2D eigenvalue weighted by atomic mass is 16.5. The minimum absolute atomic E-state index is 0.245. The highest BCUT2D eigenvalue weighted by Crippen LogP contribution is 2.10. The molecule has 0 saturated heterocycles. The molecule has 27 heavy (non-hydrogen) atoms. The molecule has 152 valence electrons. The lowest BCUT2D eigenvalue weighted by atomic mass is 10.1.